The van der Waals surface area contributed by atoms with Crippen molar-refractivity contribution in [2.24, 2.45) is 5.92 Å². The minimum Gasteiger partial charge on any atom is -0.481 e. The molecule has 0 fully saturated rings. The third kappa shape index (κ3) is 4.52. The molecule has 0 aliphatic carbocycles. The van der Waals surface area contributed by atoms with Gasteiger partial charge < -0.3 is 10.1 Å². The SMILES string of the molecule is Cc1nc(CSCC(C)C)[nH]c(=O)c1CC(=O)O. The van der Waals surface area contributed by atoms with E-state index in [-0.39, 0.29) is 17.5 Å². The van der Waals surface area contributed by atoms with Crippen molar-refractivity contribution in [1.82, 2.24) is 9.97 Å². The second-order valence-electron chi connectivity index (χ2n) is 4.56. The van der Waals surface area contributed by atoms with Gasteiger partial charge >= 0.3 is 5.97 Å². The van der Waals surface area contributed by atoms with E-state index in [1.54, 1.807) is 18.7 Å². The van der Waals surface area contributed by atoms with Crippen molar-refractivity contribution in [2.45, 2.75) is 32.9 Å². The minimum atomic E-state index is -1.02. The molecular weight excluding hydrogens is 252 g/mol. The molecule has 6 heteroatoms. The molecule has 2 N–H and O–H groups in total. The molecular formula is C12H18N2O3S. The van der Waals surface area contributed by atoms with Crippen LogP contribution in [0.5, 0.6) is 0 Å². The van der Waals surface area contributed by atoms with Crippen LogP contribution >= 0.6 is 11.8 Å². The van der Waals surface area contributed by atoms with Crippen LogP contribution in [0.3, 0.4) is 0 Å². The Morgan fingerprint density at radius 1 is 1.50 bits per heavy atom. The van der Waals surface area contributed by atoms with Gasteiger partial charge in [0.25, 0.3) is 5.56 Å². The maximum absolute atomic E-state index is 11.7. The van der Waals surface area contributed by atoms with Crippen molar-refractivity contribution >= 4 is 17.7 Å². The lowest BCUT2D eigenvalue weighted by Gasteiger charge is -2.07. The molecule has 0 radical (unpaired) electrons. The topological polar surface area (TPSA) is 83.0 Å². The second kappa shape index (κ2) is 6.58. The molecule has 1 heterocycles. The molecule has 1 rings (SSSR count). The molecule has 0 unspecified atom stereocenters. The maximum Gasteiger partial charge on any atom is 0.308 e. The van der Waals surface area contributed by atoms with E-state index >= 15 is 0 Å². The average Bonchev–Trinajstić information content (AvgIpc) is 2.22. The highest BCUT2D eigenvalue weighted by Gasteiger charge is 2.11. The second-order valence-corrected chi connectivity index (χ2v) is 5.59. The van der Waals surface area contributed by atoms with E-state index in [1.807, 2.05) is 0 Å². The van der Waals surface area contributed by atoms with Gasteiger partial charge in [0.05, 0.1) is 12.2 Å². The number of aromatic nitrogens is 2. The van der Waals surface area contributed by atoms with Gasteiger partial charge in [-0.15, -0.1) is 0 Å². The molecule has 0 amide bonds. The fourth-order valence-electron chi connectivity index (χ4n) is 1.49. The zero-order valence-electron chi connectivity index (χ0n) is 10.8. The van der Waals surface area contributed by atoms with Gasteiger partial charge in [-0.05, 0) is 18.6 Å². The number of thioether (sulfide) groups is 1. The largest absolute Gasteiger partial charge is 0.481 e. The maximum atomic E-state index is 11.7. The van der Waals surface area contributed by atoms with Gasteiger partial charge in [-0.2, -0.15) is 11.8 Å². The van der Waals surface area contributed by atoms with Crippen LogP contribution in [0.4, 0.5) is 0 Å². The summed E-state index contributed by atoms with van der Waals surface area (Å²) in [6, 6.07) is 0. The van der Waals surface area contributed by atoms with Crippen LogP contribution in [-0.2, 0) is 17.0 Å². The number of carboxylic acid groups (broad SMARTS) is 1. The van der Waals surface area contributed by atoms with Gasteiger partial charge in [0.15, 0.2) is 0 Å². The Bertz CT molecular complexity index is 483. The Balaban J connectivity index is 2.79. The van der Waals surface area contributed by atoms with Crippen LogP contribution < -0.4 is 5.56 Å². The number of carbonyl (C=O) groups is 1. The molecule has 100 valence electrons. The van der Waals surface area contributed by atoms with Crippen LogP contribution in [0.2, 0.25) is 0 Å². The fraction of sp³-hybridized carbons (Fsp3) is 0.583. The van der Waals surface area contributed by atoms with Crippen molar-refractivity contribution in [1.29, 1.82) is 0 Å². The van der Waals surface area contributed by atoms with E-state index in [0.29, 0.717) is 23.2 Å². The number of nitrogens with zero attached hydrogens (tertiary/aromatic N) is 1. The average molecular weight is 270 g/mol. The van der Waals surface area contributed by atoms with E-state index < -0.39 is 5.97 Å². The summed E-state index contributed by atoms with van der Waals surface area (Å²) in [6.07, 6.45) is -0.284. The first-order valence-electron chi connectivity index (χ1n) is 5.78. The van der Waals surface area contributed by atoms with E-state index in [2.05, 4.69) is 23.8 Å². The quantitative estimate of drug-likeness (QED) is 0.820. The summed E-state index contributed by atoms with van der Waals surface area (Å²) in [5.74, 6) is 1.82. The number of aryl methyl sites for hydroxylation is 1. The van der Waals surface area contributed by atoms with Gasteiger partial charge in [-0.1, -0.05) is 13.8 Å². The van der Waals surface area contributed by atoms with Gasteiger partial charge in [-0.3, -0.25) is 9.59 Å². The highest BCUT2D eigenvalue weighted by atomic mass is 32.2. The van der Waals surface area contributed by atoms with Crippen molar-refractivity contribution in [3.8, 4) is 0 Å². The summed E-state index contributed by atoms with van der Waals surface area (Å²) in [4.78, 5) is 29.2. The monoisotopic (exact) mass is 270 g/mol. The van der Waals surface area contributed by atoms with E-state index in [9.17, 15) is 9.59 Å². The smallest absolute Gasteiger partial charge is 0.308 e. The van der Waals surface area contributed by atoms with E-state index in [0.717, 1.165) is 5.75 Å². The molecule has 1 aromatic rings. The molecule has 0 saturated heterocycles. The van der Waals surface area contributed by atoms with Crippen LogP contribution in [0.15, 0.2) is 4.79 Å². The summed E-state index contributed by atoms with van der Waals surface area (Å²) in [5.41, 5.74) is 0.395. The first-order valence-corrected chi connectivity index (χ1v) is 6.93. The van der Waals surface area contributed by atoms with Crippen LogP contribution in [0.25, 0.3) is 0 Å². The standard InChI is InChI=1S/C12H18N2O3S/c1-7(2)5-18-6-10-13-8(3)9(4-11(15)16)12(17)14-10/h7H,4-6H2,1-3H3,(H,15,16)(H,13,14,17). The molecule has 0 bridgehead atoms. The lowest BCUT2D eigenvalue weighted by Crippen LogP contribution is -2.21. The number of hydrogen-bond acceptors (Lipinski definition) is 4. The van der Waals surface area contributed by atoms with E-state index in [1.165, 1.54) is 0 Å². The van der Waals surface area contributed by atoms with Crippen molar-refractivity contribution in [2.75, 3.05) is 5.75 Å². The highest BCUT2D eigenvalue weighted by Crippen LogP contribution is 2.12. The predicted octanol–water partition coefficient (Wildman–Crippen LogP) is 1.59. The van der Waals surface area contributed by atoms with Gasteiger partial charge in [0, 0.05) is 11.3 Å². The van der Waals surface area contributed by atoms with Crippen molar-refractivity contribution in [3.63, 3.8) is 0 Å². The summed E-state index contributed by atoms with van der Waals surface area (Å²) in [5, 5.41) is 8.70. The summed E-state index contributed by atoms with van der Waals surface area (Å²) >= 11 is 1.70. The number of nitrogens with one attached hydrogen (secondary N) is 1. The Morgan fingerprint density at radius 2 is 2.17 bits per heavy atom. The van der Waals surface area contributed by atoms with Crippen molar-refractivity contribution < 1.29 is 9.90 Å². The zero-order valence-corrected chi connectivity index (χ0v) is 11.6. The molecule has 0 aliphatic rings. The minimum absolute atomic E-state index is 0.236. The summed E-state index contributed by atoms with van der Waals surface area (Å²) in [6.45, 7) is 5.93. The van der Waals surface area contributed by atoms with Gasteiger partial charge in [-0.25, -0.2) is 4.98 Å². The number of hydrogen-bond donors (Lipinski definition) is 2. The number of carboxylic acids is 1. The fourth-order valence-corrected chi connectivity index (χ4v) is 2.41. The van der Waals surface area contributed by atoms with Crippen LogP contribution in [0, 0.1) is 12.8 Å². The number of H-pyrrole nitrogens is 1. The highest BCUT2D eigenvalue weighted by molar-refractivity contribution is 7.98. The zero-order chi connectivity index (χ0) is 13.7. The normalized spacial score (nSPS) is 10.9. The molecule has 0 spiro atoms. The third-order valence-electron chi connectivity index (χ3n) is 2.29. The molecule has 5 nitrogen and oxygen atoms in total. The summed E-state index contributed by atoms with van der Waals surface area (Å²) < 4.78 is 0. The lowest BCUT2D eigenvalue weighted by molar-refractivity contribution is -0.136. The molecule has 1 aromatic heterocycles. The van der Waals surface area contributed by atoms with Crippen LogP contribution in [0.1, 0.15) is 30.9 Å². The third-order valence-corrected chi connectivity index (χ3v) is 3.67. The molecule has 0 atom stereocenters. The molecule has 0 aromatic carbocycles. The van der Waals surface area contributed by atoms with E-state index in [4.69, 9.17) is 5.11 Å². The first-order chi connectivity index (χ1) is 8.40. The lowest BCUT2D eigenvalue weighted by atomic mass is 10.2. The van der Waals surface area contributed by atoms with Crippen LogP contribution in [-0.4, -0.2) is 26.8 Å². The first kappa shape index (κ1) is 14.8. The Kier molecular flexibility index (Phi) is 5.40. The Labute approximate surface area is 110 Å². The summed E-state index contributed by atoms with van der Waals surface area (Å²) in [7, 11) is 0. The van der Waals surface area contributed by atoms with Gasteiger partial charge in [0.1, 0.15) is 5.82 Å². The van der Waals surface area contributed by atoms with Crippen molar-refractivity contribution in [3.05, 3.63) is 27.4 Å². The Hall–Kier alpha value is -1.30. The predicted molar refractivity (Wildman–Crippen MR) is 71.9 cm³/mol. The molecule has 18 heavy (non-hydrogen) atoms. The van der Waals surface area contributed by atoms with Gasteiger partial charge in [0.2, 0.25) is 0 Å². The number of rotatable bonds is 6. The molecule has 0 saturated carbocycles. The molecule has 0 aliphatic heterocycles. The number of aromatic amines is 1. The Morgan fingerprint density at radius 3 is 2.67 bits per heavy atom. The number of aliphatic carboxylic acids is 1.